The van der Waals surface area contributed by atoms with Gasteiger partial charge in [0.15, 0.2) is 5.52 Å². The average Bonchev–Trinajstić information content (AvgIpc) is 2.45. The fourth-order valence-electron chi connectivity index (χ4n) is 1.21. The first-order valence-electron chi connectivity index (χ1n) is 4.44. The van der Waals surface area contributed by atoms with Crippen LogP contribution in [0.2, 0.25) is 0 Å². The van der Waals surface area contributed by atoms with Gasteiger partial charge >= 0.3 is 8.51 Å². The molecule has 0 fully saturated rings. The molecule has 13 heavy (non-hydrogen) atoms. The zero-order chi connectivity index (χ0) is 9.47. The van der Waals surface area contributed by atoms with Gasteiger partial charge < -0.3 is 0 Å². The lowest BCUT2D eigenvalue weighted by Crippen LogP contribution is -2.45. The van der Waals surface area contributed by atoms with Gasteiger partial charge in [0, 0.05) is 0 Å². The summed E-state index contributed by atoms with van der Waals surface area (Å²) in [5, 5.41) is 0. The summed E-state index contributed by atoms with van der Waals surface area (Å²) >= 11 is 0. The van der Waals surface area contributed by atoms with E-state index >= 15 is 0 Å². The molecule has 0 aliphatic heterocycles. The first-order valence-corrected chi connectivity index (χ1v) is 5.24. The van der Waals surface area contributed by atoms with Crippen molar-refractivity contribution in [2.45, 2.75) is 26.3 Å². The van der Waals surface area contributed by atoms with Crippen LogP contribution in [-0.2, 0) is 5.54 Å². The van der Waals surface area contributed by atoms with Crippen molar-refractivity contribution in [1.82, 2.24) is 4.16 Å². The van der Waals surface area contributed by atoms with Gasteiger partial charge in [0.1, 0.15) is 11.7 Å². The standard InChI is InChI=1S/C10H14N2P/c1-10(2,3)12-8-9-6-4-5-7-11(9)13-12/h4-8H,1-3H3/q+1. The number of hydrogen-bond donors (Lipinski definition) is 0. The molecule has 3 heteroatoms. The lowest BCUT2D eigenvalue weighted by molar-refractivity contribution is -0.689. The number of rotatable bonds is 0. The number of nitrogens with zero attached hydrogens (tertiary/aromatic N) is 2. The molecule has 0 amide bonds. The number of pyridine rings is 1. The summed E-state index contributed by atoms with van der Waals surface area (Å²) in [6, 6.07) is 6.28. The minimum absolute atomic E-state index is 0.202. The number of aromatic nitrogens is 2. The Morgan fingerprint density at radius 2 is 2.08 bits per heavy atom. The van der Waals surface area contributed by atoms with Gasteiger partial charge in [-0.1, -0.05) is 6.07 Å². The molecule has 0 saturated carbocycles. The van der Waals surface area contributed by atoms with Gasteiger partial charge in [0.25, 0.3) is 0 Å². The molecule has 0 bridgehead atoms. The van der Waals surface area contributed by atoms with Crippen molar-refractivity contribution in [1.29, 1.82) is 0 Å². The van der Waals surface area contributed by atoms with E-state index in [0.717, 1.165) is 0 Å². The highest BCUT2D eigenvalue weighted by molar-refractivity contribution is 7.17. The van der Waals surface area contributed by atoms with Crippen LogP contribution in [0.5, 0.6) is 0 Å². The minimum Gasteiger partial charge on any atom is -0.209 e. The quantitative estimate of drug-likeness (QED) is 0.607. The van der Waals surface area contributed by atoms with Gasteiger partial charge in [0.05, 0.1) is 6.20 Å². The molecule has 0 aliphatic carbocycles. The Bertz CT molecular complexity index is 393. The Morgan fingerprint density at radius 3 is 2.69 bits per heavy atom. The lowest BCUT2D eigenvalue weighted by atomic mass is 10.1. The van der Waals surface area contributed by atoms with Crippen LogP contribution >= 0.6 is 8.51 Å². The van der Waals surface area contributed by atoms with Crippen LogP contribution in [0.1, 0.15) is 20.8 Å². The summed E-state index contributed by atoms with van der Waals surface area (Å²) in [7, 11) is 1.23. The van der Waals surface area contributed by atoms with Gasteiger partial charge in [-0.05, 0) is 32.9 Å². The second-order valence-electron chi connectivity index (χ2n) is 4.20. The predicted molar refractivity (Wildman–Crippen MR) is 55.1 cm³/mol. The van der Waals surface area contributed by atoms with Gasteiger partial charge in [-0.3, -0.25) is 0 Å². The van der Waals surface area contributed by atoms with Crippen molar-refractivity contribution in [2.24, 2.45) is 0 Å². The maximum absolute atomic E-state index is 2.32. The van der Waals surface area contributed by atoms with E-state index in [9.17, 15) is 0 Å². The topological polar surface area (TPSA) is 8.29 Å². The third-order valence-corrected chi connectivity index (χ3v) is 3.47. The molecular formula is C10H14N2P+. The Balaban J connectivity index is 2.63. The average molecular weight is 193 g/mol. The van der Waals surface area contributed by atoms with Gasteiger partial charge in [-0.25, -0.2) is 4.33 Å². The van der Waals surface area contributed by atoms with Crippen LogP contribution in [0, 0.1) is 0 Å². The van der Waals surface area contributed by atoms with Crippen LogP contribution in [0.25, 0.3) is 5.52 Å². The first kappa shape index (κ1) is 8.71. The summed E-state index contributed by atoms with van der Waals surface area (Å²) in [4.78, 5) is 0. The van der Waals surface area contributed by atoms with Crippen LogP contribution in [-0.4, -0.2) is 4.16 Å². The SMILES string of the molecule is CC(C)(C)[n+]1cc2ccccn2p1. The monoisotopic (exact) mass is 193 g/mol. The number of hydrogen-bond acceptors (Lipinski definition) is 0. The van der Waals surface area contributed by atoms with Crippen molar-refractivity contribution in [3.8, 4) is 0 Å². The summed E-state index contributed by atoms with van der Waals surface area (Å²) in [6.07, 6.45) is 4.32. The lowest BCUT2D eigenvalue weighted by Gasteiger charge is -2.11. The van der Waals surface area contributed by atoms with E-state index in [1.54, 1.807) is 0 Å². The molecule has 0 saturated heterocycles. The van der Waals surface area contributed by atoms with Crippen LogP contribution in [0.15, 0.2) is 30.6 Å². The van der Waals surface area contributed by atoms with E-state index in [-0.39, 0.29) is 5.54 Å². The summed E-state index contributed by atoms with van der Waals surface area (Å²) in [5.74, 6) is 0. The van der Waals surface area contributed by atoms with Crippen molar-refractivity contribution in [2.75, 3.05) is 0 Å². The fourth-order valence-corrected chi connectivity index (χ4v) is 2.22. The molecule has 0 atom stereocenters. The first-order chi connectivity index (χ1) is 6.07. The van der Waals surface area contributed by atoms with E-state index in [4.69, 9.17) is 0 Å². The molecular weight excluding hydrogens is 179 g/mol. The van der Waals surface area contributed by atoms with Crippen LogP contribution in [0.3, 0.4) is 0 Å². The normalized spacial score (nSPS) is 12.8. The highest BCUT2D eigenvalue weighted by Crippen LogP contribution is 2.13. The van der Waals surface area contributed by atoms with Crippen molar-refractivity contribution < 1.29 is 4.33 Å². The third kappa shape index (κ3) is 1.59. The van der Waals surface area contributed by atoms with E-state index in [2.05, 4.69) is 59.9 Å². The molecule has 2 rings (SSSR count). The van der Waals surface area contributed by atoms with E-state index in [0.29, 0.717) is 0 Å². The van der Waals surface area contributed by atoms with E-state index in [1.807, 2.05) is 0 Å². The van der Waals surface area contributed by atoms with Crippen LogP contribution in [0.4, 0.5) is 0 Å². The van der Waals surface area contributed by atoms with Crippen molar-refractivity contribution >= 4 is 14.0 Å². The van der Waals surface area contributed by atoms with Crippen LogP contribution < -0.4 is 4.33 Å². The molecule has 2 aromatic heterocycles. The van der Waals surface area contributed by atoms with Crippen molar-refractivity contribution in [3.63, 3.8) is 0 Å². The highest BCUT2D eigenvalue weighted by Gasteiger charge is 2.20. The van der Waals surface area contributed by atoms with Gasteiger partial charge in [-0.2, -0.15) is 4.16 Å². The molecule has 2 aromatic rings. The third-order valence-electron chi connectivity index (χ3n) is 2.00. The molecule has 2 nitrogen and oxygen atoms in total. The molecule has 0 aromatic carbocycles. The van der Waals surface area contributed by atoms with Crippen molar-refractivity contribution in [3.05, 3.63) is 30.6 Å². The van der Waals surface area contributed by atoms with E-state index < -0.39 is 0 Å². The summed E-state index contributed by atoms with van der Waals surface area (Å²) < 4.78 is 4.55. The fraction of sp³-hybridized carbons (Fsp3) is 0.400. The molecule has 2 heterocycles. The largest absolute Gasteiger partial charge is 0.352 e. The Morgan fingerprint density at radius 1 is 1.31 bits per heavy atom. The predicted octanol–water partition coefficient (Wildman–Crippen LogP) is 2.56. The van der Waals surface area contributed by atoms with E-state index in [1.165, 1.54) is 14.0 Å². The minimum atomic E-state index is 0.202. The molecule has 0 aliphatic rings. The summed E-state index contributed by atoms with van der Waals surface area (Å²) in [5.41, 5.74) is 1.48. The highest BCUT2D eigenvalue weighted by atomic mass is 31.1. The molecule has 0 spiro atoms. The molecule has 0 radical (unpaired) electrons. The second-order valence-corrected chi connectivity index (χ2v) is 5.24. The smallest absolute Gasteiger partial charge is 0.209 e. The summed E-state index contributed by atoms with van der Waals surface area (Å²) in [6.45, 7) is 6.68. The van der Waals surface area contributed by atoms with Gasteiger partial charge in [0.2, 0.25) is 0 Å². The molecule has 0 unspecified atom stereocenters. The zero-order valence-corrected chi connectivity index (χ0v) is 9.12. The Kier molecular flexibility index (Phi) is 1.88. The zero-order valence-electron chi connectivity index (χ0n) is 8.23. The Hall–Kier alpha value is -0.880. The second kappa shape index (κ2) is 2.81. The molecule has 0 N–H and O–H groups in total. The number of fused-ring (bicyclic) bond motifs is 1. The maximum atomic E-state index is 2.32. The maximum Gasteiger partial charge on any atom is 0.352 e. The Labute approximate surface area is 80.1 Å². The van der Waals surface area contributed by atoms with Gasteiger partial charge in [-0.15, -0.1) is 0 Å². The molecule has 68 valence electrons.